The molecule has 0 fully saturated rings. The van der Waals surface area contributed by atoms with Crippen LogP contribution in [0.4, 0.5) is 0 Å². The summed E-state index contributed by atoms with van der Waals surface area (Å²) in [5.74, 6) is 3.28. The molecule has 0 atom stereocenters. The number of fused-ring (bicyclic) bond motifs is 2. The van der Waals surface area contributed by atoms with Gasteiger partial charge in [0.25, 0.3) is 0 Å². The van der Waals surface area contributed by atoms with Crippen LogP contribution < -0.4 is 14.2 Å². The summed E-state index contributed by atoms with van der Waals surface area (Å²) in [6.07, 6.45) is 0. The Bertz CT molecular complexity index is 1150. The highest BCUT2D eigenvalue weighted by Crippen LogP contribution is 2.39. The van der Waals surface area contributed by atoms with Gasteiger partial charge in [-0.3, -0.25) is 0 Å². The van der Waals surface area contributed by atoms with E-state index in [4.69, 9.17) is 18.6 Å². The topological polar surface area (TPSA) is 40.8 Å². The van der Waals surface area contributed by atoms with Gasteiger partial charge in [-0.05, 0) is 82.2 Å². The molecule has 0 unspecified atom stereocenters. The van der Waals surface area contributed by atoms with Crippen LogP contribution in [0.2, 0.25) is 0 Å². The maximum atomic E-state index is 6.13. The fourth-order valence-corrected chi connectivity index (χ4v) is 4.09. The Hall–Kier alpha value is -2.67. The molecule has 0 bridgehead atoms. The molecule has 0 aliphatic carbocycles. The molecule has 1 aliphatic rings. The Morgan fingerprint density at radius 1 is 0.815 bits per heavy atom. The molecular weight excluding hydrogens is 455 g/mol. The Balaban J connectivity index is 1.58. The zero-order valence-electron chi connectivity index (χ0n) is 14.5. The van der Waals surface area contributed by atoms with Crippen LogP contribution in [0.15, 0.2) is 65.1 Å². The number of rotatable bonds is 3. The average Bonchev–Trinajstić information content (AvgIpc) is 3.32. The van der Waals surface area contributed by atoms with Gasteiger partial charge >= 0.3 is 0 Å². The summed E-state index contributed by atoms with van der Waals surface area (Å²) in [5.41, 5.74) is 4.10. The Morgan fingerprint density at radius 3 is 2.33 bits per heavy atom. The van der Waals surface area contributed by atoms with Crippen molar-refractivity contribution >= 4 is 33.6 Å². The second kappa shape index (κ2) is 6.49. The maximum Gasteiger partial charge on any atom is 0.231 e. The molecule has 4 aromatic rings. The van der Waals surface area contributed by atoms with Crippen LogP contribution in [0.5, 0.6) is 17.2 Å². The average molecular weight is 470 g/mol. The van der Waals surface area contributed by atoms with Crippen molar-refractivity contribution in [3.63, 3.8) is 0 Å². The second-order valence-corrected chi connectivity index (χ2v) is 7.33. The minimum Gasteiger partial charge on any atom is -0.497 e. The Morgan fingerprint density at radius 2 is 1.52 bits per heavy atom. The van der Waals surface area contributed by atoms with Crippen molar-refractivity contribution in [2.75, 3.05) is 13.9 Å². The highest BCUT2D eigenvalue weighted by atomic mass is 127. The van der Waals surface area contributed by atoms with Gasteiger partial charge in [0.1, 0.15) is 17.1 Å². The van der Waals surface area contributed by atoms with Crippen molar-refractivity contribution in [1.29, 1.82) is 0 Å². The number of halogens is 1. The third-order valence-corrected chi connectivity index (χ3v) is 5.76. The number of hydrogen-bond acceptors (Lipinski definition) is 4. The highest BCUT2D eigenvalue weighted by molar-refractivity contribution is 14.1. The van der Waals surface area contributed by atoms with Crippen LogP contribution in [0.3, 0.4) is 0 Å². The van der Waals surface area contributed by atoms with Gasteiger partial charge in [-0.1, -0.05) is 12.1 Å². The van der Waals surface area contributed by atoms with E-state index in [9.17, 15) is 0 Å². The molecule has 3 aromatic carbocycles. The lowest BCUT2D eigenvalue weighted by Gasteiger charge is -2.03. The predicted molar refractivity (Wildman–Crippen MR) is 112 cm³/mol. The van der Waals surface area contributed by atoms with Crippen LogP contribution in [-0.2, 0) is 0 Å². The molecule has 1 aromatic heterocycles. The lowest BCUT2D eigenvalue weighted by atomic mass is 10.0. The molecule has 0 saturated carbocycles. The number of furan rings is 1. The third kappa shape index (κ3) is 2.82. The van der Waals surface area contributed by atoms with Gasteiger partial charge in [0.15, 0.2) is 11.5 Å². The molecule has 0 N–H and O–H groups in total. The SMILES string of the molecule is COc1ccc(-c2oc3ccc(-c4ccc5c(c4)OCO5)cc3c2I)cc1. The molecule has 5 heteroatoms. The summed E-state index contributed by atoms with van der Waals surface area (Å²) in [6.45, 7) is 0.280. The van der Waals surface area contributed by atoms with Crippen molar-refractivity contribution in [2.45, 2.75) is 0 Å². The minimum absolute atomic E-state index is 0.280. The van der Waals surface area contributed by atoms with Crippen LogP contribution in [0, 0.1) is 3.57 Å². The normalized spacial score (nSPS) is 12.5. The number of hydrogen-bond donors (Lipinski definition) is 0. The standard InChI is InChI=1S/C22H15IO4/c1-24-16-6-2-13(3-7-16)22-21(23)17-10-14(4-8-18(17)27-22)15-5-9-19-20(11-15)26-12-25-19/h2-11H,12H2,1H3. The largest absolute Gasteiger partial charge is 0.497 e. The molecule has 4 nitrogen and oxygen atoms in total. The lowest BCUT2D eigenvalue weighted by Crippen LogP contribution is -1.92. The van der Waals surface area contributed by atoms with Gasteiger partial charge in [0.05, 0.1) is 10.7 Å². The van der Waals surface area contributed by atoms with Gasteiger partial charge in [-0.15, -0.1) is 0 Å². The van der Waals surface area contributed by atoms with E-state index in [2.05, 4.69) is 34.7 Å². The first kappa shape index (κ1) is 16.5. The summed E-state index contributed by atoms with van der Waals surface area (Å²) in [6, 6.07) is 20.2. The van der Waals surface area contributed by atoms with Crippen LogP contribution in [0.25, 0.3) is 33.4 Å². The molecule has 1 aliphatic heterocycles. The number of ether oxygens (including phenoxy) is 3. The monoisotopic (exact) mass is 470 g/mol. The van der Waals surface area contributed by atoms with Crippen LogP contribution in [0.1, 0.15) is 0 Å². The molecule has 134 valence electrons. The molecule has 2 heterocycles. The second-order valence-electron chi connectivity index (χ2n) is 6.25. The minimum atomic E-state index is 0.280. The smallest absolute Gasteiger partial charge is 0.231 e. The van der Waals surface area contributed by atoms with E-state index >= 15 is 0 Å². The molecule has 5 rings (SSSR count). The zero-order chi connectivity index (χ0) is 18.4. The quantitative estimate of drug-likeness (QED) is 0.339. The van der Waals surface area contributed by atoms with Crippen molar-refractivity contribution in [1.82, 2.24) is 0 Å². The summed E-state index contributed by atoms with van der Waals surface area (Å²) in [7, 11) is 1.66. The van der Waals surface area contributed by atoms with E-state index in [0.717, 1.165) is 54.2 Å². The number of methoxy groups -OCH3 is 1. The molecule has 0 saturated heterocycles. The Labute approximate surface area is 169 Å². The van der Waals surface area contributed by atoms with Gasteiger partial charge < -0.3 is 18.6 Å². The summed E-state index contributed by atoms with van der Waals surface area (Å²) >= 11 is 2.35. The van der Waals surface area contributed by atoms with Crippen LogP contribution in [-0.4, -0.2) is 13.9 Å². The van der Waals surface area contributed by atoms with Gasteiger partial charge in [-0.2, -0.15) is 0 Å². The fourth-order valence-electron chi connectivity index (χ4n) is 3.25. The molecular formula is C22H15IO4. The van der Waals surface area contributed by atoms with E-state index in [-0.39, 0.29) is 6.79 Å². The number of benzene rings is 3. The van der Waals surface area contributed by atoms with Crippen LogP contribution >= 0.6 is 22.6 Å². The van der Waals surface area contributed by atoms with Crippen molar-refractivity contribution < 1.29 is 18.6 Å². The van der Waals surface area contributed by atoms with E-state index in [0.29, 0.717) is 0 Å². The third-order valence-electron chi connectivity index (χ3n) is 4.69. The summed E-state index contributed by atoms with van der Waals surface area (Å²) < 4.78 is 23.4. The van der Waals surface area contributed by atoms with E-state index < -0.39 is 0 Å². The van der Waals surface area contributed by atoms with Gasteiger partial charge in [0, 0.05) is 10.9 Å². The van der Waals surface area contributed by atoms with E-state index in [1.54, 1.807) is 7.11 Å². The molecule has 0 radical (unpaired) electrons. The summed E-state index contributed by atoms with van der Waals surface area (Å²) in [4.78, 5) is 0. The maximum absolute atomic E-state index is 6.13. The highest BCUT2D eigenvalue weighted by Gasteiger charge is 2.17. The Kier molecular flexibility index (Phi) is 3.97. The fraction of sp³-hybridized carbons (Fsp3) is 0.0909. The predicted octanol–water partition coefficient (Wildman–Crippen LogP) is 6.11. The summed E-state index contributed by atoms with van der Waals surface area (Å²) in [5, 5.41) is 1.09. The molecule has 27 heavy (non-hydrogen) atoms. The zero-order valence-corrected chi connectivity index (χ0v) is 16.6. The molecule has 0 spiro atoms. The van der Waals surface area contributed by atoms with Gasteiger partial charge in [0.2, 0.25) is 6.79 Å². The van der Waals surface area contributed by atoms with E-state index in [1.807, 2.05) is 48.5 Å². The first-order chi connectivity index (χ1) is 13.2. The van der Waals surface area contributed by atoms with E-state index in [1.165, 1.54) is 0 Å². The van der Waals surface area contributed by atoms with Crippen molar-refractivity contribution in [3.05, 3.63) is 64.2 Å². The lowest BCUT2D eigenvalue weighted by molar-refractivity contribution is 0.174. The molecule has 0 amide bonds. The first-order valence-electron chi connectivity index (χ1n) is 8.49. The first-order valence-corrected chi connectivity index (χ1v) is 9.57. The van der Waals surface area contributed by atoms with Crippen molar-refractivity contribution in [2.24, 2.45) is 0 Å². The van der Waals surface area contributed by atoms with Crippen molar-refractivity contribution in [3.8, 4) is 39.7 Å². The van der Waals surface area contributed by atoms with Gasteiger partial charge in [-0.25, -0.2) is 0 Å².